The third-order valence-corrected chi connectivity index (χ3v) is 10.2. The molecule has 1 aromatic heterocycles. The summed E-state index contributed by atoms with van der Waals surface area (Å²) < 4.78 is 26.9. The summed E-state index contributed by atoms with van der Waals surface area (Å²) in [5.41, 5.74) is 4.18. The molecule has 2 atom stereocenters. The molecule has 0 bridgehead atoms. The highest BCUT2D eigenvalue weighted by Crippen LogP contribution is 2.41. The summed E-state index contributed by atoms with van der Waals surface area (Å²) in [5, 5.41) is 2.39. The van der Waals surface area contributed by atoms with Crippen molar-refractivity contribution in [1.82, 2.24) is 19.8 Å². The van der Waals surface area contributed by atoms with Gasteiger partial charge in [0.15, 0.2) is 5.83 Å². The largest absolute Gasteiger partial charge is 0.461 e. The summed E-state index contributed by atoms with van der Waals surface area (Å²) in [6, 6.07) is 12.5. The molecule has 0 saturated carbocycles. The predicted molar refractivity (Wildman–Crippen MR) is 170 cm³/mol. The van der Waals surface area contributed by atoms with Crippen LogP contribution in [0.1, 0.15) is 54.2 Å². The molecule has 0 aliphatic carbocycles. The Bertz CT molecular complexity index is 1670. The van der Waals surface area contributed by atoms with E-state index in [0.29, 0.717) is 44.6 Å². The minimum absolute atomic E-state index is 0.0486. The number of ether oxygens (including phenoxy) is 2. The lowest BCUT2D eigenvalue weighted by atomic mass is 9.92. The second kappa shape index (κ2) is 12.0. The molecule has 3 aromatic rings. The van der Waals surface area contributed by atoms with E-state index in [1.165, 1.54) is 34.1 Å². The van der Waals surface area contributed by atoms with Gasteiger partial charge in [-0.2, -0.15) is 9.97 Å². The molecule has 2 aromatic carbocycles. The number of aromatic nitrogens is 2. The van der Waals surface area contributed by atoms with Crippen LogP contribution in [-0.2, 0) is 22.6 Å². The van der Waals surface area contributed by atoms with Gasteiger partial charge in [0.2, 0.25) is 6.54 Å². The van der Waals surface area contributed by atoms with E-state index in [9.17, 15) is 9.18 Å². The van der Waals surface area contributed by atoms with Gasteiger partial charge in [-0.3, -0.25) is 9.69 Å². The number of carbonyl (C=O) groups is 1. The Morgan fingerprint density at radius 2 is 1.93 bits per heavy atom. The Balaban J connectivity index is 1.23. The van der Waals surface area contributed by atoms with Crippen LogP contribution in [0.15, 0.2) is 48.8 Å². The second-order valence-electron chi connectivity index (χ2n) is 12.8. The Morgan fingerprint density at radius 1 is 1.16 bits per heavy atom. The van der Waals surface area contributed by atoms with Gasteiger partial charge in [-0.1, -0.05) is 43.0 Å². The highest BCUT2D eigenvalue weighted by molar-refractivity contribution is 5.91. The van der Waals surface area contributed by atoms with Crippen LogP contribution in [0.2, 0.25) is 0 Å². The van der Waals surface area contributed by atoms with Gasteiger partial charge >= 0.3 is 6.01 Å². The SMILES string of the molecule is [C-]#[N+]C[C@H]1CN(c2nc(OCC34CCCN3CCC4)nc3c2CO[C@@H](c2cccc4cccc(C)c24)C3)CCN1C(=O)C(=C)F. The zero-order chi connectivity index (χ0) is 31.1. The molecule has 0 spiro atoms. The molecule has 10 heteroatoms. The number of amides is 1. The van der Waals surface area contributed by atoms with Gasteiger partial charge in [-0.05, 0) is 67.6 Å². The zero-order valence-corrected chi connectivity index (χ0v) is 25.8. The fraction of sp³-hybridized carbons (Fsp3) is 0.486. The third kappa shape index (κ3) is 5.42. The molecule has 0 N–H and O–H groups in total. The highest BCUT2D eigenvalue weighted by atomic mass is 19.1. The molecular formula is C35H39FN6O3. The Kier molecular flexibility index (Phi) is 7.92. The first-order valence-electron chi connectivity index (χ1n) is 16.0. The van der Waals surface area contributed by atoms with Crippen LogP contribution in [-0.4, -0.2) is 83.1 Å². The lowest BCUT2D eigenvalue weighted by Gasteiger charge is -2.40. The first-order chi connectivity index (χ1) is 21.9. The van der Waals surface area contributed by atoms with E-state index in [-0.39, 0.29) is 24.7 Å². The van der Waals surface area contributed by atoms with Gasteiger partial charge in [0.1, 0.15) is 18.5 Å². The molecule has 5 heterocycles. The maximum atomic E-state index is 13.9. The number of halogens is 1. The van der Waals surface area contributed by atoms with E-state index >= 15 is 0 Å². The normalized spacial score (nSPS) is 22.6. The zero-order valence-electron chi connectivity index (χ0n) is 25.8. The second-order valence-corrected chi connectivity index (χ2v) is 12.8. The summed E-state index contributed by atoms with van der Waals surface area (Å²) in [4.78, 5) is 32.1. The van der Waals surface area contributed by atoms with Crippen LogP contribution >= 0.6 is 0 Å². The Labute approximate surface area is 263 Å². The van der Waals surface area contributed by atoms with Crippen LogP contribution in [0.5, 0.6) is 6.01 Å². The Morgan fingerprint density at radius 3 is 2.69 bits per heavy atom. The molecule has 9 nitrogen and oxygen atoms in total. The van der Waals surface area contributed by atoms with Crippen LogP contribution in [0, 0.1) is 13.5 Å². The molecule has 0 radical (unpaired) electrons. The summed E-state index contributed by atoms with van der Waals surface area (Å²) in [7, 11) is 0. The number of fused-ring (bicyclic) bond motifs is 3. The van der Waals surface area contributed by atoms with Gasteiger partial charge < -0.3 is 24.1 Å². The number of hydrogen-bond donors (Lipinski definition) is 0. The first-order valence-corrected chi connectivity index (χ1v) is 16.0. The highest BCUT2D eigenvalue weighted by Gasteiger charge is 2.45. The molecule has 3 fully saturated rings. The van der Waals surface area contributed by atoms with E-state index in [0.717, 1.165) is 42.8 Å². The predicted octanol–water partition coefficient (Wildman–Crippen LogP) is 5.18. The molecule has 4 aliphatic rings. The van der Waals surface area contributed by atoms with Crippen molar-refractivity contribution in [2.75, 3.05) is 50.8 Å². The summed E-state index contributed by atoms with van der Waals surface area (Å²) in [6.45, 7) is 17.0. The maximum Gasteiger partial charge on any atom is 0.318 e. The van der Waals surface area contributed by atoms with Crippen LogP contribution in [0.25, 0.3) is 15.6 Å². The van der Waals surface area contributed by atoms with Gasteiger partial charge in [-0.25, -0.2) is 11.0 Å². The fourth-order valence-corrected chi connectivity index (χ4v) is 7.98. The number of anilines is 1. The number of benzene rings is 2. The van der Waals surface area contributed by atoms with Gasteiger partial charge in [0, 0.05) is 31.6 Å². The number of nitrogens with zero attached hydrogens (tertiary/aromatic N) is 6. The monoisotopic (exact) mass is 610 g/mol. The topological polar surface area (TPSA) is 75.4 Å². The van der Waals surface area contributed by atoms with Crippen molar-refractivity contribution in [1.29, 1.82) is 0 Å². The average molecular weight is 611 g/mol. The van der Waals surface area contributed by atoms with Crippen molar-refractivity contribution >= 4 is 22.5 Å². The smallest absolute Gasteiger partial charge is 0.318 e. The van der Waals surface area contributed by atoms with Crippen LogP contribution in [0.3, 0.4) is 0 Å². The van der Waals surface area contributed by atoms with Crippen LogP contribution in [0.4, 0.5) is 10.2 Å². The molecule has 0 unspecified atom stereocenters. The quantitative estimate of drug-likeness (QED) is 0.270. The standard InChI is InChI=1S/C35H39FN6O3/c1-23-8-4-9-25-10-5-11-27(31(23)25)30-18-29-28(21-44-30)32(40-16-17-42(33(43)24(2)36)26(20-40)19-37-3)39-34(38-29)45-22-35-12-6-14-41(35)15-7-13-35/h4-5,8-11,26,30H,2,6-7,12-22H2,1H3/t26-,30+/m0/s1. The van der Waals surface area contributed by atoms with Crippen molar-refractivity contribution in [3.63, 3.8) is 0 Å². The first kappa shape index (κ1) is 29.6. The number of hydrogen-bond acceptors (Lipinski definition) is 7. The van der Waals surface area contributed by atoms with E-state index in [4.69, 9.17) is 26.0 Å². The summed E-state index contributed by atoms with van der Waals surface area (Å²) in [6.07, 6.45) is 4.98. The van der Waals surface area contributed by atoms with Gasteiger partial charge in [0.25, 0.3) is 5.91 Å². The Hall–Kier alpha value is -4.07. The average Bonchev–Trinajstić information content (AvgIpc) is 3.63. The van der Waals surface area contributed by atoms with E-state index in [1.807, 2.05) is 0 Å². The minimum Gasteiger partial charge on any atom is -0.461 e. The molecule has 4 aliphatic heterocycles. The lowest BCUT2D eigenvalue weighted by molar-refractivity contribution is -0.131. The van der Waals surface area contributed by atoms with Crippen molar-refractivity contribution in [3.05, 3.63) is 82.6 Å². The van der Waals surface area contributed by atoms with Crippen molar-refractivity contribution in [2.45, 2.75) is 63.3 Å². The molecular weight excluding hydrogens is 571 g/mol. The van der Waals surface area contributed by atoms with Crippen LogP contribution < -0.4 is 9.64 Å². The third-order valence-electron chi connectivity index (χ3n) is 10.2. The van der Waals surface area contributed by atoms with Gasteiger partial charge in [0.05, 0.1) is 23.9 Å². The molecule has 234 valence electrons. The van der Waals surface area contributed by atoms with E-state index < -0.39 is 17.8 Å². The number of rotatable bonds is 7. The fourth-order valence-electron chi connectivity index (χ4n) is 7.98. The number of carbonyl (C=O) groups excluding carboxylic acids is 1. The number of piperazine rings is 1. The van der Waals surface area contributed by atoms with Gasteiger partial charge in [-0.15, -0.1) is 0 Å². The van der Waals surface area contributed by atoms with Crippen molar-refractivity contribution < 1.29 is 18.7 Å². The number of aryl methyl sites for hydroxylation is 1. The molecule has 3 saturated heterocycles. The van der Waals surface area contributed by atoms with Crippen molar-refractivity contribution in [3.8, 4) is 6.01 Å². The van der Waals surface area contributed by atoms with E-state index in [2.05, 4.69) is 64.5 Å². The maximum absolute atomic E-state index is 13.9. The minimum atomic E-state index is -1.01. The summed E-state index contributed by atoms with van der Waals surface area (Å²) in [5.74, 6) is -1.06. The lowest BCUT2D eigenvalue weighted by Crippen LogP contribution is -2.57. The molecule has 7 rings (SSSR count). The molecule has 45 heavy (non-hydrogen) atoms. The van der Waals surface area contributed by atoms with E-state index in [1.54, 1.807) is 0 Å². The summed E-state index contributed by atoms with van der Waals surface area (Å²) >= 11 is 0. The van der Waals surface area contributed by atoms with Crippen molar-refractivity contribution in [2.24, 2.45) is 0 Å². The molecule has 1 amide bonds.